The molecule has 0 N–H and O–H groups in total. The van der Waals surface area contributed by atoms with E-state index in [9.17, 15) is 9.18 Å². The van der Waals surface area contributed by atoms with Gasteiger partial charge in [-0.2, -0.15) is 0 Å². The Morgan fingerprint density at radius 3 is 2.65 bits per heavy atom. The van der Waals surface area contributed by atoms with Crippen LogP contribution in [-0.2, 0) is 11.5 Å². The average molecular weight is 374 g/mol. The van der Waals surface area contributed by atoms with Crippen LogP contribution in [0.2, 0.25) is 25.7 Å². The van der Waals surface area contributed by atoms with Gasteiger partial charge < -0.3 is 14.0 Å². The molecule has 2 heterocycles. The number of ether oxygens (including phenoxy) is 2. The predicted molar refractivity (Wildman–Crippen MR) is 104 cm³/mol. The number of pyridine rings is 2. The summed E-state index contributed by atoms with van der Waals surface area (Å²) >= 11 is 0. The summed E-state index contributed by atoms with van der Waals surface area (Å²) < 4.78 is 26.8. The van der Waals surface area contributed by atoms with E-state index < -0.39 is 13.9 Å². The molecule has 0 unspecified atom stereocenters. The molecule has 5 nitrogen and oxygen atoms in total. The summed E-state index contributed by atoms with van der Waals surface area (Å²) in [6.45, 7) is 7.74. The van der Waals surface area contributed by atoms with Crippen LogP contribution in [0.1, 0.15) is 0 Å². The van der Waals surface area contributed by atoms with Gasteiger partial charge in [-0.3, -0.25) is 4.79 Å². The van der Waals surface area contributed by atoms with E-state index in [4.69, 9.17) is 9.47 Å². The third-order valence-corrected chi connectivity index (χ3v) is 6.01. The molecule has 0 saturated carbocycles. The van der Waals surface area contributed by atoms with Crippen molar-refractivity contribution >= 4 is 29.9 Å². The monoisotopic (exact) mass is 374 g/mol. The number of hydrogen-bond donors (Lipinski definition) is 0. The van der Waals surface area contributed by atoms with E-state index in [1.165, 1.54) is 25.4 Å². The molecule has 138 valence electrons. The second kappa shape index (κ2) is 7.17. The minimum absolute atomic E-state index is 0.242. The molecule has 0 aliphatic carbocycles. The van der Waals surface area contributed by atoms with Gasteiger partial charge in [0.25, 0.3) is 0 Å². The summed E-state index contributed by atoms with van der Waals surface area (Å²) in [7, 11) is 0.304. The SMILES string of the molecule is COc1nccc2c(=O)c3cc(F)ccc3n(COCC[Si](C)(C)C)c12. The third kappa shape index (κ3) is 3.63. The van der Waals surface area contributed by atoms with Gasteiger partial charge in [-0.15, -0.1) is 0 Å². The van der Waals surface area contributed by atoms with Crippen molar-refractivity contribution in [2.45, 2.75) is 32.4 Å². The predicted octanol–water partition coefficient (Wildman–Crippen LogP) is 4.01. The Balaban J connectivity index is 2.16. The van der Waals surface area contributed by atoms with Crippen LogP contribution in [0.15, 0.2) is 35.3 Å². The topological polar surface area (TPSA) is 53.3 Å². The van der Waals surface area contributed by atoms with Crippen LogP contribution in [0, 0.1) is 5.82 Å². The molecule has 0 spiro atoms. The number of hydrogen-bond acceptors (Lipinski definition) is 4. The molecule has 0 atom stereocenters. The maximum atomic E-state index is 13.7. The Labute approximate surface area is 152 Å². The van der Waals surface area contributed by atoms with Gasteiger partial charge in [-0.05, 0) is 30.3 Å². The van der Waals surface area contributed by atoms with Crippen LogP contribution in [-0.4, -0.2) is 31.3 Å². The van der Waals surface area contributed by atoms with Gasteiger partial charge in [0.1, 0.15) is 18.1 Å². The highest BCUT2D eigenvalue weighted by Gasteiger charge is 2.17. The van der Waals surface area contributed by atoms with Crippen LogP contribution < -0.4 is 10.2 Å². The largest absolute Gasteiger partial charge is 0.479 e. The Bertz CT molecular complexity index is 1010. The molecule has 3 aromatic rings. The Hall–Kier alpha value is -2.25. The summed E-state index contributed by atoms with van der Waals surface area (Å²) in [6, 6.07) is 6.87. The quantitative estimate of drug-likeness (QED) is 0.372. The molecule has 0 aliphatic heterocycles. The molecule has 26 heavy (non-hydrogen) atoms. The summed E-state index contributed by atoms with van der Waals surface area (Å²) in [6.07, 6.45) is 1.52. The molecule has 7 heteroatoms. The van der Waals surface area contributed by atoms with Gasteiger partial charge in [0.15, 0.2) is 5.43 Å². The standard InChI is InChI=1S/C19H23FN2O3Si/c1-24-19-17-14(7-8-21-19)18(23)15-11-13(20)5-6-16(15)22(17)12-25-9-10-26(2,3)4/h5-8,11H,9-10,12H2,1-4H3. The number of halogens is 1. The molecule has 0 saturated heterocycles. The maximum Gasteiger partial charge on any atom is 0.238 e. The van der Waals surface area contributed by atoms with Gasteiger partial charge >= 0.3 is 0 Å². The fourth-order valence-corrected chi connectivity index (χ4v) is 3.64. The zero-order chi connectivity index (χ0) is 18.9. The van der Waals surface area contributed by atoms with Crippen LogP contribution in [0.5, 0.6) is 5.88 Å². The third-order valence-electron chi connectivity index (χ3n) is 4.31. The Morgan fingerprint density at radius 2 is 1.96 bits per heavy atom. The first-order valence-electron chi connectivity index (χ1n) is 8.54. The lowest BCUT2D eigenvalue weighted by Gasteiger charge is -2.19. The molecule has 1 aromatic carbocycles. The summed E-state index contributed by atoms with van der Waals surface area (Å²) in [5, 5.41) is 0.753. The van der Waals surface area contributed by atoms with Crippen LogP contribution in [0.25, 0.3) is 21.8 Å². The normalized spacial score (nSPS) is 12.0. The molecule has 0 radical (unpaired) electrons. The average Bonchev–Trinajstić information content (AvgIpc) is 2.59. The van der Waals surface area contributed by atoms with E-state index in [-0.39, 0.29) is 12.2 Å². The number of fused-ring (bicyclic) bond motifs is 2. The van der Waals surface area contributed by atoms with E-state index in [0.29, 0.717) is 34.3 Å². The van der Waals surface area contributed by atoms with E-state index in [2.05, 4.69) is 24.6 Å². The molecule has 0 fully saturated rings. The number of rotatable bonds is 6. The van der Waals surface area contributed by atoms with Crippen molar-refractivity contribution in [1.29, 1.82) is 0 Å². The highest BCUT2D eigenvalue weighted by Crippen LogP contribution is 2.26. The van der Waals surface area contributed by atoms with Gasteiger partial charge in [-0.25, -0.2) is 9.37 Å². The molecular weight excluding hydrogens is 351 g/mol. The maximum absolute atomic E-state index is 13.7. The molecular formula is C19H23FN2O3Si. The number of aromatic nitrogens is 2. The van der Waals surface area contributed by atoms with Gasteiger partial charge in [0.2, 0.25) is 5.88 Å². The fraction of sp³-hybridized carbons (Fsp3) is 0.368. The molecule has 0 bridgehead atoms. The van der Waals surface area contributed by atoms with Crippen molar-refractivity contribution in [3.8, 4) is 5.88 Å². The van der Waals surface area contributed by atoms with E-state index in [1.807, 2.05) is 4.57 Å². The summed E-state index contributed by atoms with van der Waals surface area (Å²) in [5.41, 5.74) is 0.920. The lowest BCUT2D eigenvalue weighted by Crippen LogP contribution is -2.22. The second-order valence-electron chi connectivity index (χ2n) is 7.48. The fourth-order valence-electron chi connectivity index (χ4n) is 2.89. The highest BCUT2D eigenvalue weighted by atomic mass is 28.3. The number of nitrogens with zero attached hydrogens (tertiary/aromatic N) is 2. The van der Waals surface area contributed by atoms with Crippen LogP contribution >= 0.6 is 0 Å². The van der Waals surface area contributed by atoms with E-state index in [1.54, 1.807) is 12.1 Å². The van der Waals surface area contributed by atoms with Gasteiger partial charge in [0, 0.05) is 26.3 Å². The summed E-state index contributed by atoms with van der Waals surface area (Å²) in [4.78, 5) is 17.0. The number of methoxy groups -OCH3 is 1. The Morgan fingerprint density at radius 1 is 1.19 bits per heavy atom. The van der Waals surface area contributed by atoms with Crippen molar-refractivity contribution in [2.24, 2.45) is 0 Å². The zero-order valence-corrected chi connectivity index (χ0v) is 16.5. The van der Waals surface area contributed by atoms with E-state index >= 15 is 0 Å². The molecule has 0 amide bonds. The van der Waals surface area contributed by atoms with Crippen molar-refractivity contribution in [2.75, 3.05) is 13.7 Å². The molecule has 3 rings (SSSR count). The lowest BCUT2D eigenvalue weighted by molar-refractivity contribution is 0.0923. The second-order valence-corrected chi connectivity index (χ2v) is 13.1. The summed E-state index contributed by atoms with van der Waals surface area (Å²) in [5.74, 6) is -0.0965. The smallest absolute Gasteiger partial charge is 0.238 e. The van der Waals surface area contributed by atoms with E-state index in [0.717, 1.165) is 6.04 Å². The molecule has 0 aliphatic rings. The van der Waals surface area contributed by atoms with Gasteiger partial charge in [-0.1, -0.05) is 19.6 Å². The number of benzene rings is 1. The first kappa shape index (κ1) is 18.5. The minimum Gasteiger partial charge on any atom is -0.479 e. The van der Waals surface area contributed by atoms with Crippen LogP contribution in [0.3, 0.4) is 0 Å². The first-order valence-corrected chi connectivity index (χ1v) is 12.2. The minimum atomic E-state index is -1.21. The van der Waals surface area contributed by atoms with Gasteiger partial charge in [0.05, 0.1) is 18.0 Å². The van der Waals surface area contributed by atoms with Crippen LogP contribution in [0.4, 0.5) is 4.39 Å². The highest BCUT2D eigenvalue weighted by molar-refractivity contribution is 6.76. The van der Waals surface area contributed by atoms with Crippen molar-refractivity contribution in [1.82, 2.24) is 9.55 Å². The first-order chi connectivity index (χ1) is 12.3. The van der Waals surface area contributed by atoms with Crippen molar-refractivity contribution in [3.63, 3.8) is 0 Å². The lowest BCUT2D eigenvalue weighted by atomic mass is 10.1. The molecule has 2 aromatic heterocycles. The zero-order valence-electron chi connectivity index (χ0n) is 15.5. The Kier molecular flexibility index (Phi) is 5.11. The van der Waals surface area contributed by atoms with Crippen molar-refractivity contribution in [3.05, 3.63) is 46.5 Å². The van der Waals surface area contributed by atoms with Crippen molar-refractivity contribution < 1.29 is 13.9 Å².